The molecule has 0 aromatic heterocycles. The van der Waals surface area contributed by atoms with Crippen molar-refractivity contribution in [3.63, 3.8) is 0 Å². The lowest BCUT2D eigenvalue weighted by Gasteiger charge is -2.60. The number of nitrogens with zero attached hydrogens (tertiary/aromatic N) is 1. The molecule has 0 unspecified atom stereocenters. The number of ketones is 1. The van der Waals surface area contributed by atoms with E-state index >= 15 is 0 Å². The van der Waals surface area contributed by atoms with Gasteiger partial charge in [-0.25, -0.2) is 0 Å². The summed E-state index contributed by atoms with van der Waals surface area (Å²) in [6.07, 6.45) is 6.44. The van der Waals surface area contributed by atoms with E-state index in [0.29, 0.717) is 25.2 Å². The minimum atomic E-state index is -1.32. The Morgan fingerprint density at radius 1 is 1.25 bits per heavy atom. The topological polar surface area (TPSA) is 81.3 Å². The zero-order valence-corrected chi connectivity index (χ0v) is 14.6. The van der Waals surface area contributed by atoms with E-state index in [1.807, 2.05) is 13.0 Å². The third-order valence-electron chi connectivity index (χ3n) is 8.23. The van der Waals surface area contributed by atoms with Crippen LogP contribution in [-0.4, -0.2) is 27.7 Å². The fraction of sp³-hybridized carbons (Fsp3) is 0.800. The van der Waals surface area contributed by atoms with E-state index < -0.39 is 17.1 Å². The fourth-order valence-corrected chi connectivity index (χ4v) is 6.88. The second-order valence-electron chi connectivity index (χ2n) is 9.09. The van der Waals surface area contributed by atoms with E-state index in [9.17, 15) is 20.3 Å². The van der Waals surface area contributed by atoms with Crippen molar-refractivity contribution >= 4 is 5.78 Å². The second-order valence-corrected chi connectivity index (χ2v) is 9.09. The quantitative estimate of drug-likeness (QED) is 0.670. The van der Waals surface area contributed by atoms with Crippen LogP contribution in [0.4, 0.5) is 0 Å². The molecule has 0 aromatic rings. The third kappa shape index (κ3) is 1.83. The Morgan fingerprint density at radius 3 is 2.71 bits per heavy atom. The molecule has 0 bridgehead atoms. The Labute approximate surface area is 143 Å². The second kappa shape index (κ2) is 4.93. The highest BCUT2D eigenvalue weighted by molar-refractivity contribution is 5.91. The van der Waals surface area contributed by atoms with Crippen LogP contribution in [-0.2, 0) is 4.79 Å². The molecule has 3 fully saturated rings. The first kappa shape index (κ1) is 16.3. The molecular formula is C20H27NO3. The van der Waals surface area contributed by atoms with E-state index in [1.54, 1.807) is 0 Å². The standard InChI is InChI=1S/C20H27NO3/c1-18-7-5-13(22)9-12(18)3-4-14-15-6-8-20(24,11-21)19(15,2)10-16(23)17(14)18/h9,14-17,23-24H,3-8,10H2,1-2H3/t14-,15-,16-,17+,18-,19-,20-/m0/s1. The van der Waals surface area contributed by atoms with Gasteiger partial charge in [-0.1, -0.05) is 19.4 Å². The van der Waals surface area contributed by atoms with E-state index in [2.05, 4.69) is 13.0 Å². The molecule has 0 amide bonds. The third-order valence-corrected chi connectivity index (χ3v) is 8.23. The number of hydrogen-bond acceptors (Lipinski definition) is 4. The molecule has 0 spiro atoms. The van der Waals surface area contributed by atoms with Crippen LogP contribution >= 0.6 is 0 Å². The first-order valence-electron chi connectivity index (χ1n) is 9.31. The van der Waals surface area contributed by atoms with Gasteiger partial charge in [0, 0.05) is 11.8 Å². The van der Waals surface area contributed by atoms with E-state index in [1.165, 1.54) is 5.57 Å². The average molecular weight is 329 g/mol. The molecule has 4 heteroatoms. The molecule has 4 nitrogen and oxygen atoms in total. The van der Waals surface area contributed by atoms with Crippen molar-refractivity contribution in [3.8, 4) is 6.07 Å². The first-order valence-corrected chi connectivity index (χ1v) is 9.31. The van der Waals surface area contributed by atoms with Crippen LogP contribution < -0.4 is 0 Å². The van der Waals surface area contributed by atoms with Crippen molar-refractivity contribution in [2.45, 2.75) is 70.5 Å². The zero-order chi connectivity index (χ0) is 17.3. The lowest BCUT2D eigenvalue weighted by molar-refractivity contribution is -0.156. The van der Waals surface area contributed by atoms with Crippen LogP contribution in [0.1, 0.15) is 58.8 Å². The first-order chi connectivity index (χ1) is 11.2. The van der Waals surface area contributed by atoms with Crippen LogP contribution in [0.3, 0.4) is 0 Å². The Hall–Kier alpha value is -1.18. The van der Waals surface area contributed by atoms with Gasteiger partial charge < -0.3 is 10.2 Å². The maximum atomic E-state index is 11.9. The average Bonchev–Trinajstić information content (AvgIpc) is 2.79. The molecule has 4 rings (SSSR count). The van der Waals surface area contributed by atoms with Crippen molar-refractivity contribution in [3.05, 3.63) is 11.6 Å². The summed E-state index contributed by atoms with van der Waals surface area (Å²) in [5.74, 6) is 0.975. The van der Waals surface area contributed by atoms with Crippen molar-refractivity contribution in [1.82, 2.24) is 0 Å². The summed E-state index contributed by atoms with van der Waals surface area (Å²) >= 11 is 0. The van der Waals surface area contributed by atoms with Crippen molar-refractivity contribution in [2.24, 2.45) is 28.6 Å². The largest absolute Gasteiger partial charge is 0.393 e. The summed E-state index contributed by atoms with van der Waals surface area (Å²) in [6, 6.07) is 2.16. The Morgan fingerprint density at radius 2 is 2.00 bits per heavy atom. The van der Waals surface area contributed by atoms with E-state index in [-0.39, 0.29) is 23.0 Å². The number of allylic oxidation sites excluding steroid dienone is 1. The number of rotatable bonds is 0. The normalized spacial score (nSPS) is 53.5. The van der Waals surface area contributed by atoms with Crippen LogP contribution in [0.25, 0.3) is 0 Å². The highest BCUT2D eigenvalue weighted by Gasteiger charge is 2.66. The lowest BCUT2D eigenvalue weighted by Crippen LogP contribution is -2.59. The summed E-state index contributed by atoms with van der Waals surface area (Å²) in [5, 5.41) is 31.5. The molecule has 0 heterocycles. The number of hydrogen-bond donors (Lipinski definition) is 2. The molecule has 24 heavy (non-hydrogen) atoms. The minimum absolute atomic E-state index is 0.106. The van der Waals surface area contributed by atoms with Gasteiger partial charge in [0.2, 0.25) is 0 Å². The summed E-state index contributed by atoms with van der Waals surface area (Å²) in [7, 11) is 0. The molecule has 0 aromatic carbocycles. The molecule has 4 aliphatic carbocycles. The number of carbonyl (C=O) groups excluding carboxylic acids is 1. The summed E-state index contributed by atoms with van der Waals surface area (Å²) in [6.45, 7) is 4.23. The van der Waals surface area contributed by atoms with Crippen molar-refractivity contribution in [1.29, 1.82) is 5.26 Å². The number of aliphatic hydroxyl groups is 2. The number of carbonyl (C=O) groups is 1. The highest BCUT2D eigenvalue weighted by Crippen LogP contribution is 2.67. The molecule has 2 N–H and O–H groups in total. The zero-order valence-electron chi connectivity index (χ0n) is 14.6. The monoisotopic (exact) mass is 329 g/mol. The van der Waals surface area contributed by atoms with Crippen LogP contribution in [0.15, 0.2) is 11.6 Å². The Bertz CT molecular complexity index is 664. The SMILES string of the molecule is C[C@]12CCC(=O)C=C1CC[C@@H]1[C@@H]2[C@@H](O)C[C@@]2(C)[C@H]1CC[C@]2(O)C#N. The van der Waals surface area contributed by atoms with Gasteiger partial charge in [-0.3, -0.25) is 4.79 Å². The van der Waals surface area contributed by atoms with Crippen LogP contribution in [0.5, 0.6) is 0 Å². The molecule has 0 radical (unpaired) electrons. The summed E-state index contributed by atoms with van der Waals surface area (Å²) in [4.78, 5) is 11.9. The van der Waals surface area contributed by atoms with Crippen molar-refractivity contribution < 1.29 is 15.0 Å². The van der Waals surface area contributed by atoms with Crippen LogP contribution in [0.2, 0.25) is 0 Å². The molecule has 0 aliphatic heterocycles. The van der Waals surface area contributed by atoms with Crippen molar-refractivity contribution in [2.75, 3.05) is 0 Å². The van der Waals surface area contributed by atoms with Gasteiger partial charge in [-0.2, -0.15) is 5.26 Å². The van der Waals surface area contributed by atoms with E-state index in [0.717, 1.165) is 25.7 Å². The van der Waals surface area contributed by atoms with Gasteiger partial charge in [0.25, 0.3) is 0 Å². The summed E-state index contributed by atoms with van der Waals surface area (Å²) in [5.41, 5.74) is -0.727. The smallest absolute Gasteiger partial charge is 0.156 e. The predicted molar refractivity (Wildman–Crippen MR) is 88.7 cm³/mol. The number of fused-ring (bicyclic) bond motifs is 5. The number of aliphatic hydroxyl groups excluding tert-OH is 1. The summed E-state index contributed by atoms with van der Waals surface area (Å²) < 4.78 is 0. The lowest BCUT2D eigenvalue weighted by atomic mass is 9.45. The van der Waals surface area contributed by atoms with Gasteiger partial charge in [0.05, 0.1) is 12.2 Å². The molecule has 4 aliphatic rings. The van der Waals surface area contributed by atoms with Gasteiger partial charge >= 0.3 is 0 Å². The minimum Gasteiger partial charge on any atom is -0.393 e. The molecule has 130 valence electrons. The van der Waals surface area contributed by atoms with Gasteiger partial charge in [0.1, 0.15) is 0 Å². The van der Waals surface area contributed by atoms with Crippen LogP contribution in [0, 0.1) is 39.9 Å². The van der Waals surface area contributed by atoms with Gasteiger partial charge in [0.15, 0.2) is 11.4 Å². The maximum absolute atomic E-state index is 11.9. The molecular weight excluding hydrogens is 302 g/mol. The Kier molecular flexibility index (Phi) is 3.34. The maximum Gasteiger partial charge on any atom is 0.156 e. The van der Waals surface area contributed by atoms with E-state index in [4.69, 9.17) is 0 Å². The predicted octanol–water partition coefficient (Wildman–Crippen LogP) is 2.74. The molecule has 0 saturated heterocycles. The Balaban J connectivity index is 1.76. The van der Waals surface area contributed by atoms with Gasteiger partial charge in [-0.15, -0.1) is 0 Å². The van der Waals surface area contributed by atoms with Gasteiger partial charge in [-0.05, 0) is 67.8 Å². The molecule has 7 atom stereocenters. The molecule has 3 saturated carbocycles. The highest BCUT2D eigenvalue weighted by atomic mass is 16.3. The fourth-order valence-electron chi connectivity index (χ4n) is 6.88. The number of nitriles is 1.